The Morgan fingerprint density at radius 3 is 2.38 bits per heavy atom. The van der Waals surface area contributed by atoms with E-state index in [1.54, 1.807) is 11.3 Å². The number of hydrogen-bond acceptors (Lipinski definition) is 3. The van der Waals surface area contributed by atoms with E-state index < -0.39 is 0 Å². The Morgan fingerprint density at radius 2 is 1.71 bits per heavy atom. The first-order valence-corrected chi connectivity index (χ1v) is 8.36. The lowest BCUT2D eigenvalue weighted by Gasteiger charge is -2.16. The summed E-state index contributed by atoms with van der Waals surface area (Å²) in [7, 11) is 0. The third-order valence-electron chi connectivity index (χ3n) is 4.48. The summed E-state index contributed by atoms with van der Waals surface area (Å²) >= 11 is 1.78. The lowest BCUT2D eigenvalue weighted by atomic mass is 9.89. The van der Waals surface area contributed by atoms with Gasteiger partial charge in [-0.3, -0.25) is 0 Å². The number of thiophene rings is 1. The second-order valence-corrected chi connectivity index (χ2v) is 7.46. The van der Waals surface area contributed by atoms with Gasteiger partial charge in [0.2, 0.25) is 0 Å². The monoisotopic (exact) mass is 298 g/mol. The molecule has 2 aromatic heterocycles. The smallest absolute Gasteiger partial charge is 0.147 e. The van der Waals surface area contributed by atoms with Crippen LogP contribution in [0.15, 0.2) is 6.20 Å². The van der Waals surface area contributed by atoms with Crippen LogP contribution in [0.4, 0.5) is 0 Å². The van der Waals surface area contributed by atoms with Gasteiger partial charge in [0.15, 0.2) is 0 Å². The molecule has 0 fully saturated rings. The lowest BCUT2D eigenvalue weighted by molar-refractivity contribution is 0.643. The normalized spacial score (nSPS) is 12.0. The number of rotatable bonds is 2. The van der Waals surface area contributed by atoms with Crippen LogP contribution in [0.5, 0.6) is 0 Å². The molecule has 2 nitrogen and oxygen atoms in total. The second-order valence-electron chi connectivity index (χ2n) is 6.47. The number of nitrogens with zero attached hydrogens (tertiary/aromatic N) is 2. The largest absolute Gasteiger partial charge is 0.157 e. The molecule has 2 heterocycles. The van der Waals surface area contributed by atoms with Crippen molar-refractivity contribution in [3.05, 3.63) is 34.0 Å². The van der Waals surface area contributed by atoms with Crippen LogP contribution in [0.25, 0.3) is 20.3 Å². The second kappa shape index (κ2) is 5.06. The Morgan fingerprint density at radius 1 is 1.00 bits per heavy atom. The van der Waals surface area contributed by atoms with Gasteiger partial charge in [0.25, 0.3) is 0 Å². The molecule has 0 aliphatic carbocycles. The molecule has 0 saturated heterocycles. The zero-order valence-electron chi connectivity index (χ0n) is 13.7. The van der Waals surface area contributed by atoms with Crippen LogP contribution in [0, 0.1) is 33.6 Å². The van der Waals surface area contributed by atoms with E-state index >= 15 is 0 Å². The van der Waals surface area contributed by atoms with Gasteiger partial charge in [0, 0.05) is 15.5 Å². The predicted molar refractivity (Wildman–Crippen MR) is 92.4 cm³/mol. The zero-order chi connectivity index (χ0) is 15.3. The lowest BCUT2D eigenvalue weighted by Crippen LogP contribution is -2.02. The van der Waals surface area contributed by atoms with Crippen LogP contribution in [0.3, 0.4) is 0 Å². The summed E-state index contributed by atoms with van der Waals surface area (Å²) < 4.78 is 1.39. The summed E-state index contributed by atoms with van der Waals surface area (Å²) in [6.45, 7) is 13.5. The molecule has 1 aromatic carbocycles. The number of benzene rings is 1. The van der Waals surface area contributed by atoms with Gasteiger partial charge in [-0.2, -0.15) is 5.10 Å². The Hall–Kier alpha value is -1.48. The van der Waals surface area contributed by atoms with Crippen molar-refractivity contribution in [3.8, 4) is 0 Å². The molecule has 3 rings (SSSR count). The Kier molecular flexibility index (Phi) is 3.48. The maximum atomic E-state index is 4.35. The van der Waals surface area contributed by atoms with Crippen molar-refractivity contribution < 1.29 is 0 Å². The maximum Gasteiger partial charge on any atom is 0.147 e. The summed E-state index contributed by atoms with van der Waals surface area (Å²) in [4.78, 5) is 1.07. The highest BCUT2D eigenvalue weighted by Gasteiger charge is 2.18. The summed E-state index contributed by atoms with van der Waals surface area (Å²) in [6.07, 6.45) is 3.02. The van der Waals surface area contributed by atoms with Gasteiger partial charge in [-0.05, 0) is 67.9 Å². The molecule has 0 aliphatic heterocycles. The van der Waals surface area contributed by atoms with E-state index in [0.29, 0.717) is 5.92 Å². The molecule has 0 aliphatic rings. The molecular weight excluding hydrogens is 276 g/mol. The molecule has 0 saturated carbocycles. The van der Waals surface area contributed by atoms with Crippen molar-refractivity contribution in [1.82, 2.24) is 10.2 Å². The highest BCUT2D eigenvalue weighted by molar-refractivity contribution is 7.25. The Labute approximate surface area is 130 Å². The number of aromatic nitrogens is 2. The van der Waals surface area contributed by atoms with Gasteiger partial charge in [-0.15, -0.1) is 16.4 Å². The van der Waals surface area contributed by atoms with Crippen LogP contribution < -0.4 is 0 Å². The Bertz CT molecular complexity index is 844. The van der Waals surface area contributed by atoms with Crippen molar-refractivity contribution in [2.75, 3.05) is 0 Å². The third-order valence-corrected chi connectivity index (χ3v) is 5.67. The Balaban J connectivity index is 2.50. The van der Waals surface area contributed by atoms with E-state index in [1.165, 1.54) is 43.3 Å². The molecule has 110 valence electrons. The molecule has 0 bridgehead atoms. The van der Waals surface area contributed by atoms with Crippen LogP contribution in [0.2, 0.25) is 0 Å². The van der Waals surface area contributed by atoms with Gasteiger partial charge in [-0.1, -0.05) is 13.8 Å². The number of fused-ring (bicyclic) bond motifs is 3. The van der Waals surface area contributed by atoms with E-state index in [4.69, 9.17) is 0 Å². The maximum absolute atomic E-state index is 4.35. The van der Waals surface area contributed by atoms with E-state index in [9.17, 15) is 0 Å². The topological polar surface area (TPSA) is 25.8 Å². The van der Waals surface area contributed by atoms with Gasteiger partial charge in [0.05, 0.1) is 6.20 Å². The summed E-state index contributed by atoms with van der Waals surface area (Å²) in [5.41, 5.74) is 7.04. The van der Waals surface area contributed by atoms with Gasteiger partial charge in [-0.25, -0.2) is 0 Å². The SMILES string of the molecule is Cc1c(CC(C)C)c(C)c2c(sc3nncc(C)c32)c1C. The third kappa shape index (κ3) is 2.15. The van der Waals surface area contributed by atoms with Gasteiger partial charge >= 0.3 is 0 Å². The molecule has 0 spiro atoms. The first-order chi connectivity index (χ1) is 9.91. The summed E-state index contributed by atoms with van der Waals surface area (Å²) in [5, 5.41) is 11.2. The summed E-state index contributed by atoms with van der Waals surface area (Å²) in [6, 6.07) is 0. The van der Waals surface area contributed by atoms with E-state index in [1.807, 2.05) is 6.20 Å². The van der Waals surface area contributed by atoms with Gasteiger partial charge < -0.3 is 0 Å². The van der Waals surface area contributed by atoms with Crippen LogP contribution in [-0.4, -0.2) is 10.2 Å². The van der Waals surface area contributed by atoms with Crippen molar-refractivity contribution in [1.29, 1.82) is 0 Å². The fourth-order valence-corrected chi connectivity index (χ4v) is 4.56. The highest BCUT2D eigenvalue weighted by Crippen LogP contribution is 2.41. The minimum Gasteiger partial charge on any atom is -0.157 e. The van der Waals surface area contributed by atoms with Crippen molar-refractivity contribution in [3.63, 3.8) is 0 Å². The minimum atomic E-state index is 0.671. The fraction of sp³-hybridized carbons (Fsp3) is 0.444. The predicted octanol–water partition coefficient (Wildman–Crippen LogP) is 5.28. The van der Waals surface area contributed by atoms with Crippen molar-refractivity contribution in [2.24, 2.45) is 5.92 Å². The molecule has 0 N–H and O–H groups in total. The van der Waals surface area contributed by atoms with E-state index in [-0.39, 0.29) is 0 Å². The van der Waals surface area contributed by atoms with E-state index in [0.717, 1.165) is 11.3 Å². The average molecular weight is 298 g/mol. The van der Waals surface area contributed by atoms with Crippen LogP contribution in [0.1, 0.15) is 41.7 Å². The molecule has 0 unspecified atom stereocenters. The number of hydrogen-bond donors (Lipinski definition) is 0. The standard InChI is InChI=1S/C18H22N2S/c1-9(2)7-14-11(4)12(5)17-16(13(14)6)15-10(3)8-19-20-18(15)21-17/h8-9H,7H2,1-6H3. The molecular formula is C18H22N2S. The quantitative estimate of drug-likeness (QED) is 0.643. The molecule has 21 heavy (non-hydrogen) atoms. The minimum absolute atomic E-state index is 0.671. The van der Waals surface area contributed by atoms with Crippen LogP contribution in [-0.2, 0) is 6.42 Å². The molecule has 0 amide bonds. The first kappa shape index (κ1) is 14.5. The molecule has 3 aromatic rings. The van der Waals surface area contributed by atoms with E-state index in [2.05, 4.69) is 51.7 Å². The molecule has 0 atom stereocenters. The van der Waals surface area contributed by atoms with Gasteiger partial charge in [0.1, 0.15) is 4.83 Å². The molecule has 0 radical (unpaired) electrons. The average Bonchev–Trinajstić information content (AvgIpc) is 2.82. The number of aryl methyl sites for hydroxylation is 3. The first-order valence-electron chi connectivity index (χ1n) is 7.55. The van der Waals surface area contributed by atoms with Crippen molar-refractivity contribution >= 4 is 31.6 Å². The highest BCUT2D eigenvalue weighted by atomic mass is 32.1. The zero-order valence-corrected chi connectivity index (χ0v) is 14.5. The molecule has 3 heteroatoms. The fourth-order valence-electron chi connectivity index (χ4n) is 3.25. The van der Waals surface area contributed by atoms with Crippen LogP contribution >= 0.6 is 11.3 Å². The van der Waals surface area contributed by atoms with Crippen molar-refractivity contribution in [2.45, 2.75) is 48.0 Å². The summed E-state index contributed by atoms with van der Waals surface area (Å²) in [5.74, 6) is 0.671.